The van der Waals surface area contributed by atoms with E-state index in [-0.39, 0.29) is 0 Å². The van der Waals surface area contributed by atoms with Gasteiger partial charge in [0.2, 0.25) is 0 Å². The third-order valence-electron chi connectivity index (χ3n) is 5.23. The maximum atomic E-state index is 4.73. The molecule has 0 N–H and O–H groups in total. The SMILES string of the molecule is Cc1ccc(CCn2c3c(c4ccccc42)C2=NCC3C2)cn1. The maximum absolute atomic E-state index is 4.73. The van der Waals surface area contributed by atoms with Crippen molar-refractivity contribution in [1.82, 2.24) is 9.55 Å². The molecule has 3 nitrogen and oxygen atoms in total. The fraction of sp³-hybridized carbons (Fsp3) is 0.300. The molecule has 1 unspecified atom stereocenters. The molecule has 2 aliphatic rings. The lowest BCUT2D eigenvalue weighted by Crippen LogP contribution is -2.10. The first-order valence-electron chi connectivity index (χ1n) is 8.37. The summed E-state index contributed by atoms with van der Waals surface area (Å²) in [4.78, 5) is 9.15. The Kier molecular flexibility index (Phi) is 2.72. The van der Waals surface area contributed by atoms with Crippen LogP contribution in [0.25, 0.3) is 10.9 Å². The van der Waals surface area contributed by atoms with Crippen LogP contribution in [0, 0.1) is 6.92 Å². The Morgan fingerprint density at radius 2 is 2.09 bits per heavy atom. The lowest BCUT2D eigenvalue weighted by molar-refractivity contribution is 0.637. The smallest absolute Gasteiger partial charge is 0.0489 e. The number of aliphatic imine (C=N–C) groups is 1. The summed E-state index contributed by atoms with van der Waals surface area (Å²) < 4.78 is 2.54. The predicted octanol–water partition coefficient (Wildman–Crippen LogP) is 3.88. The number of aryl methyl sites for hydroxylation is 3. The second-order valence-corrected chi connectivity index (χ2v) is 6.68. The highest BCUT2D eigenvalue weighted by atomic mass is 15.0. The van der Waals surface area contributed by atoms with Gasteiger partial charge in [0.25, 0.3) is 0 Å². The molecule has 2 bridgehead atoms. The van der Waals surface area contributed by atoms with Crippen LogP contribution >= 0.6 is 0 Å². The largest absolute Gasteiger partial charge is 0.343 e. The Labute approximate surface area is 135 Å². The third kappa shape index (κ3) is 1.89. The zero-order valence-electron chi connectivity index (χ0n) is 13.3. The molecule has 1 atom stereocenters. The van der Waals surface area contributed by atoms with E-state index in [9.17, 15) is 0 Å². The zero-order chi connectivity index (χ0) is 15.4. The average molecular weight is 301 g/mol. The summed E-state index contributed by atoms with van der Waals surface area (Å²) in [5, 5.41) is 1.38. The first-order chi connectivity index (χ1) is 11.3. The molecule has 23 heavy (non-hydrogen) atoms. The Hall–Kier alpha value is -2.42. The molecule has 2 aromatic heterocycles. The van der Waals surface area contributed by atoms with E-state index in [1.807, 2.05) is 13.1 Å². The van der Waals surface area contributed by atoms with Crippen molar-refractivity contribution in [3.63, 3.8) is 0 Å². The van der Waals surface area contributed by atoms with Crippen LogP contribution in [0.15, 0.2) is 47.6 Å². The first kappa shape index (κ1) is 13.1. The maximum Gasteiger partial charge on any atom is 0.0489 e. The van der Waals surface area contributed by atoms with Gasteiger partial charge < -0.3 is 4.57 Å². The fourth-order valence-corrected chi connectivity index (χ4v) is 4.13. The summed E-state index contributed by atoms with van der Waals surface area (Å²) in [6.07, 6.45) is 4.18. The Balaban J connectivity index is 1.58. The van der Waals surface area contributed by atoms with E-state index in [1.54, 1.807) is 0 Å². The quantitative estimate of drug-likeness (QED) is 0.722. The van der Waals surface area contributed by atoms with Crippen molar-refractivity contribution in [3.8, 4) is 0 Å². The summed E-state index contributed by atoms with van der Waals surface area (Å²) in [6, 6.07) is 13.1. The summed E-state index contributed by atoms with van der Waals surface area (Å²) in [5.41, 5.74) is 8.03. The van der Waals surface area contributed by atoms with Gasteiger partial charge in [-0.1, -0.05) is 24.3 Å². The van der Waals surface area contributed by atoms with E-state index >= 15 is 0 Å². The minimum atomic E-state index is 0.601. The second kappa shape index (κ2) is 4.79. The molecule has 1 aliphatic carbocycles. The van der Waals surface area contributed by atoms with E-state index in [0.717, 1.165) is 31.6 Å². The van der Waals surface area contributed by atoms with Crippen LogP contribution in [0.2, 0.25) is 0 Å². The van der Waals surface area contributed by atoms with E-state index < -0.39 is 0 Å². The van der Waals surface area contributed by atoms with Gasteiger partial charge in [0.15, 0.2) is 0 Å². The Bertz CT molecular complexity index is 931. The van der Waals surface area contributed by atoms with Gasteiger partial charge in [-0.25, -0.2) is 0 Å². The summed E-state index contributed by atoms with van der Waals surface area (Å²) >= 11 is 0. The van der Waals surface area contributed by atoms with Crippen molar-refractivity contribution in [3.05, 3.63) is 65.1 Å². The molecule has 3 heteroatoms. The molecule has 0 saturated heterocycles. The van der Waals surface area contributed by atoms with Crippen LogP contribution in [0.5, 0.6) is 0 Å². The van der Waals surface area contributed by atoms with Gasteiger partial charge in [-0.05, 0) is 37.5 Å². The molecule has 0 radical (unpaired) electrons. The van der Waals surface area contributed by atoms with Crippen LogP contribution in [-0.2, 0) is 13.0 Å². The van der Waals surface area contributed by atoms with Crippen molar-refractivity contribution in [2.24, 2.45) is 4.99 Å². The molecule has 5 rings (SSSR count). The zero-order valence-corrected chi connectivity index (χ0v) is 13.3. The molecule has 114 valence electrons. The number of pyridine rings is 1. The Morgan fingerprint density at radius 1 is 1.17 bits per heavy atom. The molecule has 3 heterocycles. The molecule has 0 spiro atoms. The predicted molar refractivity (Wildman–Crippen MR) is 93.4 cm³/mol. The lowest BCUT2D eigenvalue weighted by Gasteiger charge is -2.14. The van der Waals surface area contributed by atoms with Crippen LogP contribution in [0.1, 0.15) is 34.9 Å². The van der Waals surface area contributed by atoms with Gasteiger partial charge >= 0.3 is 0 Å². The molecule has 0 saturated carbocycles. The highest BCUT2D eigenvalue weighted by Gasteiger charge is 2.37. The van der Waals surface area contributed by atoms with Crippen LogP contribution in [0.3, 0.4) is 0 Å². The van der Waals surface area contributed by atoms with Crippen molar-refractivity contribution in [2.75, 3.05) is 6.54 Å². The fourth-order valence-electron chi connectivity index (χ4n) is 4.13. The van der Waals surface area contributed by atoms with Gasteiger partial charge in [0.05, 0.1) is 0 Å². The van der Waals surface area contributed by atoms with Gasteiger partial charge in [-0.15, -0.1) is 0 Å². The van der Waals surface area contributed by atoms with Crippen molar-refractivity contribution >= 4 is 16.6 Å². The number of hydrogen-bond donors (Lipinski definition) is 0. The normalized spacial score (nSPS) is 18.5. The van der Waals surface area contributed by atoms with Crippen LogP contribution in [0.4, 0.5) is 0 Å². The van der Waals surface area contributed by atoms with Gasteiger partial charge in [-0.2, -0.15) is 0 Å². The van der Waals surface area contributed by atoms with Crippen LogP contribution < -0.4 is 0 Å². The molecular weight excluding hydrogens is 282 g/mol. The standard InChI is InChI=1S/C20H19N3/c1-13-6-7-14(11-21-13)8-9-23-18-5-3-2-4-16(18)19-17-10-15(12-22-17)20(19)23/h2-7,11,15H,8-10,12H2,1H3. The van der Waals surface area contributed by atoms with Crippen molar-refractivity contribution in [2.45, 2.75) is 32.2 Å². The van der Waals surface area contributed by atoms with E-state index in [2.05, 4.69) is 45.9 Å². The van der Waals surface area contributed by atoms with Gasteiger partial charge in [0.1, 0.15) is 0 Å². The van der Waals surface area contributed by atoms with E-state index in [0.29, 0.717) is 5.92 Å². The minimum absolute atomic E-state index is 0.601. The number of aromatic nitrogens is 2. The lowest BCUT2D eigenvalue weighted by atomic mass is 10.1. The monoisotopic (exact) mass is 301 g/mol. The molecule has 0 amide bonds. The highest BCUT2D eigenvalue weighted by Crippen LogP contribution is 2.44. The van der Waals surface area contributed by atoms with E-state index in [4.69, 9.17) is 4.99 Å². The summed E-state index contributed by atoms with van der Waals surface area (Å²) in [7, 11) is 0. The van der Waals surface area contributed by atoms with E-state index in [1.165, 1.54) is 33.4 Å². The Morgan fingerprint density at radius 3 is 2.96 bits per heavy atom. The van der Waals surface area contributed by atoms with Crippen molar-refractivity contribution < 1.29 is 0 Å². The molecule has 0 fully saturated rings. The number of para-hydroxylation sites is 1. The summed E-state index contributed by atoms with van der Waals surface area (Å²) in [6.45, 7) is 4.03. The second-order valence-electron chi connectivity index (χ2n) is 6.68. The third-order valence-corrected chi connectivity index (χ3v) is 5.23. The number of fused-ring (bicyclic) bond motifs is 7. The van der Waals surface area contributed by atoms with Gasteiger partial charge in [-0.3, -0.25) is 9.98 Å². The number of rotatable bonds is 3. The molecule has 3 aromatic rings. The van der Waals surface area contributed by atoms with Crippen LogP contribution in [-0.4, -0.2) is 21.8 Å². The first-order valence-corrected chi connectivity index (χ1v) is 8.37. The van der Waals surface area contributed by atoms with Gasteiger partial charge in [0, 0.05) is 58.8 Å². The number of nitrogens with zero attached hydrogens (tertiary/aromatic N) is 3. The average Bonchev–Trinajstić information content (AvgIpc) is 3.26. The summed E-state index contributed by atoms with van der Waals surface area (Å²) in [5.74, 6) is 0.601. The number of hydrogen-bond acceptors (Lipinski definition) is 2. The molecule has 1 aliphatic heterocycles. The number of benzene rings is 1. The van der Waals surface area contributed by atoms with Crippen molar-refractivity contribution in [1.29, 1.82) is 0 Å². The molecule has 1 aromatic carbocycles. The highest BCUT2D eigenvalue weighted by molar-refractivity contribution is 6.16. The molecular formula is C20H19N3. The minimum Gasteiger partial charge on any atom is -0.343 e. The topological polar surface area (TPSA) is 30.2 Å².